The molecule has 1 heteroatoms. The molecule has 1 nitrogen and oxygen atoms in total. The molecule has 2 rings (SSSR count). The molecule has 0 atom stereocenters. The molecule has 100 valence electrons. The first-order valence-electron chi connectivity index (χ1n) is 7.13. The van der Waals surface area contributed by atoms with Crippen LogP contribution in [-0.4, -0.2) is 18.5 Å². The first-order chi connectivity index (χ1) is 8.29. The van der Waals surface area contributed by atoms with E-state index < -0.39 is 0 Å². The third kappa shape index (κ3) is 2.61. The zero-order valence-corrected chi connectivity index (χ0v) is 12.8. The molecule has 0 N–H and O–H groups in total. The maximum Gasteiger partial charge on any atom is 0.0233 e. The summed E-state index contributed by atoms with van der Waals surface area (Å²) in [5.74, 6) is 0.629. The van der Waals surface area contributed by atoms with Crippen molar-refractivity contribution in [2.75, 3.05) is 13.6 Å². The third-order valence-electron chi connectivity index (χ3n) is 4.05. The molecule has 0 spiro atoms. The Labute approximate surface area is 112 Å². The molecular weight excluding hydrogens is 218 g/mol. The van der Waals surface area contributed by atoms with E-state index >= 15 is 0 Å². The second-order valence-electron chi connectivity index (χ2n) is 7.10. The Bertz CT molecular complexity index is 438. The summed E-state index contributed by atoms with van der Waals surface area (Å²) >= 11 is 0. The molecule has 0 bridgehead atoms. The zero-order valence-electron chi connectivity index (χ0n) is 12.8. The van der Waals surface area contributed by atoms with Crippen LogP contribution in [0.5, 0.6) is 0 Å². The van der Waals surface area contributed by atoms with Crippen LogP contribution >= 0.6 is 0 Å². The van der Waals surface area contributed by atoms with Crippen molar-refractivity contribution in [2.45, 2.75) is 58.9 Å². The van der Waals surface area contributed by atoms with Gasteiger partial charge < -0.3 is 4.90 Å². The van der Waals surface area contributed by atoms with Gasteiger partial charge in [0.15, 0.2) is 0 Å². The van der Waals surface area contributed by atoms with Crippen molar-refractivity contribution in [3.8, 4) is 0 Å². The lowest BCUT2D eigenvalue weighted by Gasteiger charge is -2.31. The van der Waals surface area contributed by atoms with E-state index in [-0.39, 0.29) is 5.41 Å². The summed E-state index contributed by atoms with van der Waals surface area (Å²) in [7, 11) is 2.22. The number of hydrogen-bond acceptors (Lipinski definition) is 1. The Morgan fingerprint density at radius 2 is 1.83 bits per heavy atom. The highest BCUT2D eigenvalue weighted by Gasteiger charge is 2.22. The van der Waals surface area contributed by atoms with E-state index in [0.717, 1.165) is 6.54 Å². The topological polar surface area (TPSA) is 3.24 Å². The van der Waals surface area contributed by atoms with Gasteiger partial charge in [-0.15, -0.1) is 0 Å². The molecular formula is C17H27N. The minimum absolute atomic E-state index is 0.245. The van der Waals surface area contributed by atoms with Gasteiger partial charge in [0.25, 0.3) is 0 Å². The maximum atomic E-state index is 2.45. The number of hydrogen-bond donors (Lipinski definition) is 0. The first kappa shape index (κ1) is 13.6. The monoisotopic (exact) mass is 245 g/mol. The predicted octanol–water partition coefficient (Wildman–Crippen LogP) is 4.10. The van der Waals surface area contributed by atoms with Crippen molar-refractivity contribution in [1.29, 1.82) is 0 Å². The molecule has 1 aromatic carbocycles. The van der Waals surface area contributed by atoms with Crippen LogP contribution in [0.2, 0.25) is 0 Å². The van der Waals surface area contributed by atoms with Crippen molar-refractivity contribution < 1.29 is 0 Å². The van der Waals surface area contributed by atoms with Crippen LogP contribution < -0.4 is 0 Å². The lowest BCUT2D eigenvalue weighted by molar-refractivity contribution is 0.311. The highest BCUT2D eigenvalue weighted by Crippen LogP contribution is 2.33. The van der Waals surface area contributed by atoms with Gasteiger partial charge in [-0.2, -0.15) is 0 Å². The Morgan fingerprint density at radius 3 is 2.39 bits per heavy atom. The van der Waals surface area contributed by atoms with Crippen LogP contribution in [0, 0.1) is 0 Å². The van der Waals surface area contributed by atoms with Crippen molar-refractivity contribution in [3.05, 3.63) is 34.4 Å². The lowest BCUT2D eigenvalue weighted by Crippen LogP contribution is -2.28. The number of rotatable bonds is 1. The molecule has 0 fully saturated rings. The van der Waals surface area contributed by atoms with E-state index in [4.69, 9.17) is 0 Å². The maximum absolute atomic E-state index is 2.45. The minimum atomic E-state index is 0.245. The van der Waals surface area contributed by atoms with Crippen molar-refractivity contribution in [1.82, 2.24) is 4.90 Å². The summed E-state index contributed by atoms with van der Waals surface area (Å²) < 4.78 is 0. The Balaban J connectivity index is 2.56. The van der Waals surface area contributed by atoms with Gasteiger partial charge in [0, 0.05) is 13.1 Å². The first-order valence-corrected chi connectivity index (χ1v) is 7.13. The normalized spacial score (nSPS) is 17.1. The van der Waals surface area contributed by atoms with E-state index in [1.807, 2.05) is 0 Å². The molecule has 0 saturated carbocycles. The van der Waals surface area contributed by atoms with Gasteiger partial charge in [0.1, 0.15) is 0 Å². The zero-order chi connectivity index (χ0) is 13.5. The molecule has 0 unspecified atom stereocenters. The fourth-order valence-corrected chi connectivity index (χ4v) is 2.82. The Morgan fingerprint density at radius 1 is 1.17 bits per heavy atom. The van der Waals surface area contributed by atoms with E-state index in [1.54, 1.807) is 16.7 Å². The Hall–Kier alpha value is -0.820. The standard InChI is InChI=1S/C17H27N/c1-12(2)16-10-14(17(3,4)5)9-13-11-18(6)8-7-15(13)16/h9-10,12H,7-8,11H2,1-6H3. The molecule has 0 amide bonds. The summed E-state index contributed by atoms with van der Waals surface area (Å²) in [5.41, 5.74) is 6.48. The molecule has 0 saturated heterocycles. The van der Waals surface area contributed by atoms with Crippen LogP contribution in [0.15, 0.2) is 12.1 Å². The molecule has 1 aliphatic rings. The van der Waals surface area contributed by atoms with Gasteiger partial charge in [0.2, 0.25) is 0 Å². The SMILES string of the molecule is CC(C)c1cc(C(C)(C)C)cc2c1CCN(C)C2. The highest BCUT2D eigenvalue weighted by molar-refractivity contribution is 5.44. The third-order valence-corrected chi connectivity index (χ3v) is 4.05. The lowest BCUT2D eigenvalue weighted by atomic mass is 9.80. The Kier molecular flexibility index (Phi) is 3.55. The number of benzene rings is 1. The average Bonchev–Trinajstić information content (AvgIpc) is 2.25. The van der Waals surface area contributed by atoms with Crippen LogP contribution in [0.1, 0.15) is 62.8 Å². The minimum Gasteiger partial charge on any atom is -0.302 e. The molecule has 1 aromatic rings. The van der Waals surface area contributed by atoms with E-state index in [2.05, 4.69) is 58.7 Å². The summed E-state index contributed by atoms with van der Waals surface area (Å²) in [6, 6.07) is 4.89. The second kappa shape index (κ2) is 4.70. The largest absolute Gasteiger partial charge is 0.302 e. The van der Waals surface area contributed by atoms with Gasteiger partial charge >= 0.3 is 0 Å². The van der Waals surface area contributed by atoms with Gasteiger partial charge in [-0.05, 0) is 47.1 Å². The summed E-state index contributed by atoms with van der Waals surface area (Å²) in [4.78, 5) is 2.43. The molecule has 1 heterocycles. The van der Waals surface area contributed by atoms with Crippen molar-refractivity contribution in [2.24, 2.45) is 0 Å². The van der Waals surface area contributed by atoms with Gasteiger partial charge in [-0.25, -0.2) is 0 Å². The van der Waals surface area contributed by atoms with E-state index in [1.165, 1.54) is 18.5 Å². The average molecular weight is 245 g/mol. The fourth-order valence-electron chi connectivity index (χ4n) is 2.82. The number of fused-ring (bicyclic) bond motifs is 1. The van der Waals surface area contributed by atoms with E-state index in [9.17, 15) is 0 Å². The summed E-state index contributed by atoms with van der Waals surface area (Å²) in [5, 5.41) is 0. The second-order valence-corrected chi connectivity index (χ2v) is 7.10. The van der Waals surface area contributed by atoms with Crippen LogP contribution in [-0.2, 0) is 18.4 Å². The fraction of sp³-hybridized carbons (Fsp3) is 0.647. The number of nitrogens with zero attached hydrogens (tertiary/aromatic N) is 1. The summed E-state index contributed by atoms with van der Waals surface area (Å²) in [6.45, 7) is 13.9. The molecule has 0 aliphatic carbocycles. The van der Waals surface area contributed by atoms with Gasteiger partial charge in [-0.3, -0.25) is 0 Å². The van der Waals surface area contributed by atoms with Gasteiger partial charge in [-0.1, -0.05) is 46.8 Å². The smallest absolute Gasteiger partial charge is 0.0233 e. The van der Waals surface area contributed by atoms with Gasteiger partial charge in [0.05, 0.1) is 0 Å². The van der Waals surface area contributed by atoms with E-state index in [0.29, 0.717) is 5.92 Å². The molecule has 0 aromatic heterocycles. The molecule has 0 radical (unpaired) electrons. The summed E-state index contributed by atoms with van der Waals surface area (Å²) in [6.07, 6.45) is 1.21. The quantitative estimate of drug-likeness (QED) is 0.720. The van der Waals surface area contributed by atoms with Crippen LogP contribution in [0.3, 0.4) is 0 Å². The number of likely N-dealkylation sites (N-methyl/N-ethyl adjacent to an activating group) is 1. The van der Waals surface area contributed by atoms with Crippen molar-refractivity contribution >= 4 is 0 Å². The molecule has 18 heavy (non-hydrogen) atoms. The predicted molar refractivity (Wildman–Crippen MR) is 79.3 cm³/mol. The van der Waals surface area contributed by atoms with Crippen LogP contribution in [0.4, 0.5) is 0 Å². The van der Waals surface area contributed by atoms with Crippen LogP contribution in [0.25, 0.3) is 0 Å². The van der Waals surface area contributed by atoms with Crippen molar-refractivity contribution in [3.63, 3.8) is 0 Å². The molecule has 1 aliphatic heterocycles. The highest BCUT2D eigenvalue weighted by atomic mass is 15.1.